The predicted octanol–water partition coefficient (Wildman–Crippen LogP) is 1.77. The van der Waals surface area contributed by atoms with E-state index in [1.165, 1.54) is 19.3 Å². The molecule has 0 atom stereocenters. The maximum absolute atomic E-state index is 12.2. The highest BCUT2D eigenvalue weighted by molar-refractivity contribution is 5.76. The number of aromatic nitrogens is 3. The van der Waals surface area contributed by atoms with Crippen molar-refractivity contribution in [2.45, 2.75) is 65.0 Å². The molecule has 1 fully saturated rings. The van der Waals surface area contributed by atoms with Crippen LogP contribution in [-0.2, 0) is 11.3 Å². The van der Waals surface area contributed by atoms with Crippen molar-refractivity contribution < 1.29 is 4.79 Å². The fourth-order valence-electron chi connectivity index (χ4n) is 3.16. The molecule has 1 aliphatic rings. The molecule has 0 aliphatic heterocycles. The number of nitrogens with one attached hydrogen (secondary N) is 1. The third kappa shape index (κ3) is 4.03. The average Bonchev–Trinajstić information content (AvgIpc) is 2.95. The van der Waals surface area contributed by atoms with E-state index >= 15 is 0 Å². The van der Waals surface area contributed by atoms with E-state index in [9.17, 15) is 4.79 Å². The van der Waals surface area contributed by atoms with Crippen LogP contribution in [-0.4, -0.2) is 27.2 Å². The van der Waals surface area contributed by atoms with Gasteiger partial charge in [0.15, 0.2) is 5.82 Å². The molecule has 1 aromatic heterocycles. The summed E-state index contributed by atoms with van der Waals surface area (Å²) in [6, 6.07) is 0.292. The zero-order valence-corrected chi connectivity index (χ0v) is 13.1. The molecule has 0 aromatic carbocycles. The number of hydrogen-bond donors (Lipinski definition) is 2. The summed E-state index contributed by atoms with van der Waals surface area (Å²) in [4.78, 5) is 12.2. The van der Waals surface area contributed by atoms with Crippen LogP contribution in [0, 0.1) is 5.41 Å². The van der Waals surface area contributed by atoms with E-state index in [4.69, 9.17) is 5.73 Å². The number of rotatable bonds is 6. The molecule has 1 amide bonds. The number of carbonyl (C=O) groups is 1. The zero-order valence-electron chi connectivity index (χ0n) is 13.1. The Hall–Kier alpha value is -1.43. The molecule has 1 aliphatic carbocycles. The molecule has 0 spiro atoms. The predicted molar refractivity (Wildman–Crippen MR) is 81.4 cm³/mol. The normalized spacial score (nSPS) is 17.9. The first-order valence-electron chi connectivity index (χ1n) is 7.91. The first-order valence-corrected chi connectivity index (χ1v) is 7.91. The van der Waals surface area contributed by atoms with E-state index in [0.29, 0.717) is 25.6 Å². The summed E-state index contributed by atoms with van der Waals surface area (Å²) in [6.07, 6.45) is 8.01. The number of nitrogens with zero attached hydrogens (tertiary/aromatic N) is 3. The Morgan fingerprint density at radius 1 is 1.43 bits per heavy atom. The second-order valence-electron chi connectivity index (χ2n) is 6.47. The van der Waals surface area contributed by atoms with Crippen LogP contribution in [0.1, 0.15) is 64.2 Å². The minimum absolute atomic E-state index is 0.00799. The zero-order chi connectivity index (χ0) is 15.3. The first-order chi connectivity index (χ1) is 10.1. The number of nitrogens with two attached hydrogens (primary N) is 1. The molecule has 21 heavy (non-hydrogen) atoms. The standard InChI is InChI=1S/C15H27N5O/c1-12(2)20-11-18-19-13(20)9-17-14(21)8-15(10-16)6-4-3-5-7-15/h11-12H,3-10,16H2,1-2H3,(H,17,21). The van der Waals surface area contributed by atoms with E-state index < -0.39 is 0 Å². The summed E-state index contributed by atoms with van der Waals surface area (Å²) in [5, 5.41) is 10.9. The van der Waals surface area contributed by atoms with Gasteiger partial charge in [-0.05, 0) is 38.6 Å². The maximum Gasteiger partial charge on any atom is 0.220 e. The molecule has 6 nitrogen and oxygen atoms in total. The SMILES string of the molecule is CC(C)n1cnnc1CNC(=O)CC1(CN)CCCCC1. The molecule has 2 rings (SSSR count). The largest absolute Gasteiger partial charge is 0.349 e. The Kier molecular flexibility index (Phi) is 5.33. The van der Waals surface area contributed by atoms with Gasteiger partial charge in [-0.1, -0.05) is 19.3 Å². The minimum atomic E-state index is 0.00799. The van der Waals surface area contributed by atoms with Gasteiger partial charge in [0.05, 0.1) is 6.54 Å². The molecule has 0 unspecified atom stereocenters. The molecular formula is C15H27N5O. The highest BCUT2D eigenvalue weighted by atomic mass is 16.1. The Balaban J connectivity index is 1.88. The average molecular weight is 293 g/mol. The fourth-order valence-corrected chi connectivity index (χ4v) is 3.16. The quantitative estimate of drug-likeness (QED) is 0.837. The Bertz CT molecular complexity index is 462. The third-order valence-electron chi connectivity index (χ3n) is 4.53. The summed E-state index contributed by atoms with van der Waals surface area (Å²) in [5.41, 5.74) is 5.94. The summed E-state index contributed by atoms with van der Waals surface area (Å²) < 4.78 is 1.97. The van der Waals surface area contributed by atoms with Crippen molar-refractivity contribution in [1.82, 2.24) is 20.1 Å². The number of carbonyl (C=O) groups excluding carboxylic acids is 1. The van der Waals surface area contributed by atoms with Gasteiger partial charge in [0.25, 0.3) is 0 Å². The second-order valence-corrected chi connectivity index (χ2v) is 6.47. The van der Waals surface area contributed by atoms with Crippen LogP contribution in [0.25, 0.3) is 0 Å². The van der Waals surface area contributed by atoms with Crippen molar-refractivity contribution in [2.75, 3.05) is 6.54 Å². The molecular weight excluding hydrogens is 266 g/mol. The van der Waals surface area contributed by atoms with Crippen molar-refractivity contribution in [1.29, 1.82) is 0 Å². The van der Waals surface area contributed by atoms with Gasteiger partial charge >= 0.3 is 0 Å². The van der Waals surface area contributed by atoms with Gasteiger partial charge in [0, 0.05) is 12.5 Å². The van der Waals surface area contributed by atoms with Gasteiger partial charge < -0.3 is 15.6 Å². The molecule has 0 saturated heterocycles. The van der Waals surface area contributed by atoms with Gasteiger partial charge in [0.1, 0.15) is 6.33 Å². The van der Waals surface area contributed by atoms with Crippen LogP contribution >= 0.6 is 0 Å². The molecule has 0 radical (unpaired) electrons. The van der Waals surface area contributed by atoms with Crippen molar-refractivity contribution in [3.63, 3.8) is 0 Å². The molecule has 6 heteroatoms. The lowest BCUT2D eigenvalue weighted by atomic mass is 9.71. The van der Waals surface area contributed by atoms with Gasteiger partial charge in [-0.2, -0.15) is 0 Å². The highest BCUT2D eigenvalue weighted by Crippen LogP contribution is 2.38. The van der Waals surface area contributed by atoms with Gasteiger partial charge in [-0.15, -0.1) is 10.2 Å². The molecule has 1 saturated carbocycles. The first kappa shape index (κ1) is 15.9. The van der Waals surface area contributed by atoms with Gasteiger partial charge in [0.2, 0.25) is 5.91 Å². The lowest BCUT2D eigenvalue weighted by Gasteiger charge is -2.35. The molecule has 1 heterocycles. The number of amides is 1. The van der Waals surface area contributed by atoms with E-state index in [1.807, 2.05) is 4.57 Å². The van der Waals surface area contributed by atoms with Crippen molar-refractivity contribution >= 4 is 5.91 Å². The Morgan fingerprint density at radius 2 is 2.14 bits per heavy atom. The lowest BCUT2D eigenvalue weighted by molar-refractivity contribution is -0.124. The molecule has 3 N–H and O–H groups in total. The molecule has 1 aromatic rings. The second kappa shape index (κ2) is 7.02. The maximum atomic E-state index is 12.2. The summed E-state index contributed by atoms with van der Waals surface area (Å²) in [6.45, 7) is 5.17. The van der Waals surface area contributed by atoms with Crippen molar-refractivity contribution in [3.05, 3.63) is 12.2 Å². The van der Waals surface area contributed by atoms with Crippen LogP contribution in [0.4, 0.5) is 0 Å². The fraction of sp³-hybridized carbons (Fsp3) is 0.800. The topological polar surface area (TPSA) is 85.8 Å². The summed E-state index contributed by atoms with van der Waals surface area (Å²) >= 11 is 0. The van der Waals surface area contributed by atoms with Crippen LogP contribution in [0.2, 0.25) is 0 Å². The summed E-state index contributed by atoms with van der Waals surface area (Å²) in [5.74, 6) is 0.865. The van der Waals surface area contributed by atoms with E-state index in [0.717, 1.165) is 18.7 Å². The van der Waals surface area contributed by atoms with Crippen LogP contribution < -0.4 is 11.1 Å². The van der Waals surface area contributed by atoms with Crippen LogP contribution in [0.3, 0.4) is 0 Å². The van der Waals surface area contributed by atoms with E-state index in [-0.39, 0.29) is 11.3 Å². The Labute approximate surface area is 126 Å². The summed E-state index contributed by atoms with van der Waals surface area (Å²) in [7, 11) is 0. The Morgan fingerprint density at radius 3 is 2.76 bits per heavy atom. The van der Waals surface area contributed by atoms with Gasteiger partial charge in [-0.25, -0.2) is 0 Å². The smallest absolute Gasteiger partial charge is 0.220 e. The monoisotopic (exact) mass is 293 g/mol. The minimum Gasteiger partial charge on any atom is -0.349 e. The van der Waals surface area contributed by atoms with E-state index in [1.54, 1.807) is 6.33 Å². The van der Waals surface area contributed by atoms with Crippen LogP contribution in [0.5, 0.6) is 0 Å². The molecule has 118 valence electrons. The lowest BCUT2D eigenvalue weighted by Crippen LogP contribution is -2.38. The van der Waals surface area contributed by atoms with Gasteiger partial charge in [-0.3, -0.25) is 4.79 Å². The number of hydrogen-bond acceptors (Lipinski definition) is 4. The highest BCUT2D eigenvalue weighted by Gasteiger charge is 2.32. The third-order valence-corrected chi connectivity index (χ3v) is 4.53. The van der Waals surface area contributed by atoms with Crippen molar-refractivity contribution in [2.24, 2.45) is 11.1 Å². The van der Waals surface area contributed by atoms with E-state index in [2.05, 4.69) is 29.4 Å². The molecule has 0 bridgehead atoms. The van der Waals surface area contributed by atoms with Crippen molar-refractivity contribution in [3.8, 4) is 0 Å². The van der Waals surface area contributed by atoms with Crippen LogP contribution in [0.15, 0.2) is 6.33 Å².